The highest BCUT2D eigenvalue weighted by Crippen LogP contribution is 2.31. The molecule has 2 rings (SSSR count). The van der Waals surface area contributed by atoms with Gasteiger partial charge in [0.15, 0.2) is 0 Å². The van der Waals surface area contributed by atoms with E-state index >= 15 is 0 Å². The van der Waals surface area contributed by atoms with Crippen LogP contribution in [0.15, 0.2) is 36.7 Å². The molecular formula is C13H14N2O3. The molecule has 5 nitrogen and oxygen atoms in total. The van der Waals surface area contributed by atoms with Crippen molar-refractivity contribution in [2.75, 3.05) is 14.2 Å². The summed E-state index contributed by atoms with van der Waals surface area (Å²) in [4.78, 5) is 8.12. The minimum Gasteiger partial charge on any atom is -0.496 e. The van der Waals surface area contributed by atoms with Crippen molar-refractivity contribution in [2.24, 2.45) is 0 Å². The fourth-order valence-corrected chi connectivity index (χ4v) is 1.72. The van der Waals surface area contributed by atoms with Crippen LogP contribution in [0, 0.1) is 0 Å². The average molecular weight is 246 g/mol. The van der Waals surface area contributed by atoms with Crippen molar-refractivity contribution in [1.29, 1.82) is 0 Å². The zero-order chi connectivity index (χ0) is 13.0. The maximum Gasteiger partial charge on any atom is 0.238 e. The van der Waals surface area contributed by atoms with Gasteiger partial charge >= 0.3 is 0 Å². The molecule has 1 aromatic carbocycles. The van der Waals surface area contributed by atoms with Crippen LogP contribution in [0.4, 0.5) is 0 Å². The Morgan fingerprint density at radius 1 is 1.06 bits per heavy atom. The molecule has 1 atom stereocenters. The SMILES string of the molecule is COc1ccccc1C(O)c1nccnc1OC. The van der Waals surface area contributed by atoms with E-state index in [0.717, 1.165) is 0 Å². The van der Waals surface area contributed by atoms with Crippen LogP contribution in [0.25, 0.3) is 0 Å². The molecule has 0 spiro atoms. The number of benzene rings is 1. The van der Waals surface area contributed by atoms with E-state index in [4.69, 9.17) is 9.47 Å². The topological polar surface area (TPSA) is 64.5 Å². The second-order valence-corrected chi connectivity index (χ2v) is 3.60. The Morgan fingerprint density at radius 3 is 2.50 bits per heavy atom. The van der Waals surface area contributed by atoms with Crippen LogP contribution >= 0.6 is 0 Å². The Morgan fingerprint density at radius 2 is 1.78 bits per heavy atom. The number of rotatable bonds is 4. The van der Waals surface area contributed by atoms with Gasteiger partial charge in [0, 0.05) is 18.0 Å². The van der Waals surface area contributed by atoms with Gasteiger partial charge in [0.05, 0.1) is 14.2 Å². The smallest absolute Gasteiger partial charge is 0.238 e. The number of hydrogen-bond donors (Lipinski definition) is 1. The highest BCUT2D eigenvalue weighted by atomic mass is 16.5. The van der Waals surface area contributed by atoms with E-state index in [1.165, 1.54) is 19.5 Å². The second kappa shape index (κ2) is 5.46. The fourth-order valence-electron chi connectivity index (χ4n) is 1.72. The number of para-hydroxylation sites is 1. The molecule has 2 aromatic rings. The summed E-state index contributed by atoms with van der Waals surface area (Å²) >= 11 is 0. The molecule has 1 heterocycles. The van der Waals surface area contributed by atoms with Crippen LogP contribution in [0.1, 0.15) is 17.4 Å². The summed E-state index contributed by atoms with van der Waals surface area (Å²) in [6, 6.07) is 7.21. The number of aliphatic hydroxyl groups excluding tert-OH is 1. The van der Waals surface area contributed by atoms with Crippen molar-refractivity contribution in [3.63, 3.8) is 0 Å². The Labute approximate surface area is 105 Å². The molecule has 1 N–H and O–H groups in total. The van der Waals surface area contributed by atoms with Gasteiger partial charge in [0.2, 0.25) is 5.88 Å². The molecule has 0 radical (unpaired) electrons. The largest absolute Gasteiger partial charge is 0.496 e. The predicted molar refractivity (Wildman–Crippen MR) is 65.6 cm³/mol. The van der Waals surface area contributed by atoms with Gasteiger partial charge in [-0.25, -0.2) is 4.98 Å². The summed E-state index contributed by atoms with van der Waals surface area (Å²) in [6.45, 7) is 0. The molecule has 1 unspecified atom stereocenters. The van der Waals surface area contributed by atoms with E-state index in [1.807, 2.05) is 12.1 Å². The quantitative estimate of drug-likeness (QED) is 0.887. The Hall–Kier alpha value is -2.14. The third-order valence-corrected chi connectivity index (χ3v) is 2.58. The Bertz CT molecular complexity index is 484. The van der Waals surface area contributed by atoms with Crippen LogP contribution in [-0.4, -0.2) is 29.3 Å². The molecule has 0 aliphatic rings. The van der Waals surface area contributed by atoms with E-state index in [1.54, 1.807) is 19.2 Å². The third kappa shape index (κ3) is 2.26. The molecule has 1 aromatic heterocycles. The zero-order valence-electron chi connectivity index (χ0n) is 10.2. The van der Waals surface area contributed by atoms with Crippen molar-refractivity contribution >= 4 is 0 Å². The summed E-state index contributed by atoms with van der Waals surface area (Å²) in [7, 11) is 3.04. The minimum atomic E-state index is -0.940. The van der Waals surface area contributed by atoms with Crippen LogP contribution in [-0.2, 0) is 0 Å². The van der Waals surface area contributed by atoms with Crippen LogP contribution in [0.3, 0.4) is 0 Å². The monoisotopic (exact) mass is 246 g/mol. The maximum absolute atomic E-state index is 10.4. The van der Waals surface area contributed by atoms with Crippen molar-refractivity contribution in [3.8, 4) is 11.6 Å². The number of ether oxygens (including phenoxy) is 2. The molecule has 5 heteroatoms. The van der Waals surface area contributed by atoms with Crippen molar-refractivity contribution in [2.45, 2.75) is 6.10 Å². The summed E-state index contributed by atoms with van der Waals surface area (Å²) in [5.74, 6) is 0.897. The Balaban J connectivity index is 2.44. The molecule has 0 amide bonds. The van der Waals surface area contributed by atoms with Crippen LogP contribution in [0.2, 0.25) is 0 Å². The molecule has 0 saturated carbocycles. The lowest BCUT2D eigenvalue weighted by atomic mass is 10.1. The van der Waals surface area contributed by atoms with Gasteiger partial charge in [-0.3, -0.25) is 4.98 Å². The van der Waals surface area contributed by atoms with Gasteiger partial charge in [0.1, 0.15) is 17.5 Å². The van der Waals surface area contributed by atoms with Gasteiger partial charge in [-0.1, -0.05) is 18.2 Å². The molecule has 0 bridgehead atoms. The standard InChI is InChI=1S/C13H14N2O3/c1-17-10-6-4-3-5-9(10)12(16)11-13(18-2)15-8-7-14-11/h3-8,12,16H,1-2H3. The first-order valence-corrected chi connectivity index (χ1v) is 5.43. The number of hydrogen-bond acceptors (Lipinski definition) is 5. The van der Waals surface area contributed by atoms with Crippen molar-refractivity contribution in [1.82, 2.24) is 9.97 Å². The average Bonchev–Trinajstić information content (AvgIpc) is 2.46. The van der Waals surface area contributed by atoms with E-state index in [-0.39, 0.29) is 0 Å². The zero-order valence-corrected chi connectivity index (χ0v) is 10.2. The lowest BCUT2D eigenvalue weighted by Crippen LogP contribution is -2.07. The van der Waals surface area contributed by atoms with Gasteiger partial charge < -0.3 is 14.6 Å². The summed E-state index contributed by atoms with van der Waals surface area (Å²) < 4.78 is 10.3. The van der Waals surface area contributed by atoms with Crippen molar-refractivity contribution in [3.05, 3.63) is 47.9 Å². The molecular weight excluding hydrogens is 232 g/mol. The normalized spacial score (nSPS) is 11.9. The molecule has 0 aliphatic heterocycles. The second-order valence-electron chi connectivity index (χ2n) is 3.60. The van der Waals surface area contributed by atoms with Crippen molar-refractivity contribution < 1.29 is 14.6 Å². The first-order chi connectivity index (χ1) is 8.77. The highest BCUT2D eigenvalue weighted by molar-refractivity contribution is 5.40. The fraction of sp³-hybridized carbons (Fsp3) is 0.231. The number of aromatic nitrogens is 2. The third-order valence-electron chi connectivity index (χ3n) is 2.58. The summed E-state index contributed by atoms with van der Waals surface area (Å²) in [5, 5.41) is 10.4. The number of nitrogens with zero attached hydrogens (tertiary/aromatic N) is 2. The molecule has 18 heavy (non-hydrogen) atoms. The first kappa shape index (κ1) is 12.3. The minimum absolute atomic E-state index is 0.302. The predicted octanol–water partition coefficient (Wildman–Crippen LogP) is 1.58. The van der Waals surface area contributed by atoms with Gasteiger partial charge in [-0.05, 0) is 6.07 Å². The number of methoxy groups -OCH3 is 2. The van der Waals surface area contributed by atoms with Gasteiger partial charge in [-0.15, -0.1) is 0 Å². The van der Waals surface area contributed by atoms with E-state index in [2.05, 4.69) is 9.97 Å². The Kier molecular flexibility index (Phi) is 3.74. The molecule has 0 aliphatic carbocycles. The van der Waals surface area contributed by atoms with Crippen LogP contribution < -0.4 is 9.47 Å². The lowest BCUT2D eigenvalue weighted by molar-refractivity contribution is 0.202. The maximum atomic E-state index is 10.4. The molecule has 0 fully saturated rings. The summed E-state index contributed by atoms with van der Waals surface area (Å²) in [5.41, 5.74) is 0.989. The summed E-state index contributed by atoms with van der Waals surface area (Å²) in [6.07, 6.45) is 2.08. The van der Waals surface area contributed by atoms with Crippen LogP contribution in [0.5, 0.6) is 11.6 Å². The van der Waals surface area contributed by atoms with E-state index in [0.29, 0.717) is 22.9 Å². The molecule has 94 valence electrons. The lowest BCUT2D eigenvalue weighted by Gasteiger charge is -2.15. The van der Waals surface area contributed by atoms with Gasteiger partial charge in [0.25, 0.3) is 0 Å². The van der Waals surface area contributed by atoms with Gasteiger partial charge in [-0.2, -0.15) is 0 Å². The van der Waals surface area contributed by atoms with E-state index in [9.17, 15) is 5.11 Å². The molecule has 0 saturated heterocycles. The number of aliphatic hydroxyl groups is 1. The first-order valence-electron chi connectivity index (χ1n) is 5.43. The van der Waals surface area contributed by atoms with E-state index < -0.39 is 6.10 Å². The highest BCUT2D eigenvalue weighted by Gasteiger charge is 2.20.